The molecule has 0 radical (unpaired) electrons. The normalized spacial score (nSPS) is 13.3. The van der Waals surface area contributed by atoms with Gasteiger partial charge in [0.25, 0.3) is 5.91 Å². The Hall–Kier alpha value is -2.81. The fraction of sp³-hybridized carbons (Fsp3) is 0.500. The van der Waals surface area contributed by atoms with Crippen LogP contribution in [-0.2, 0) is 9.59 Å². The molecule has 4 N–H and O–H groups in total. The molecular weight excluding hydrogens is 356 g/mol. The molecule has 0 saturated heterocycles. The third-order valence-corrected chi connectivity index (χ3v) is 3.75. The molecule has 0 aliphatic carbocycles. The van der Waals surface area contributed by atoms with Crippen molar-refractivity contribution in [3.8, 4) is 11.5 Å². The molecule has 1 aromatic carbocycles. The summed E-state index contributed by atoms with van der Waals surface area (Å²) >= 11 is 0. The van der Waals surface area contributed by atoms with Crippen molar-refractivity contribution in [1.29, 1.82) is 0 Å². The summed E-state index contributed by atoms with van der Waals surface area (Å²) in [5, 5.41) is 23.7. The standard InChI is InChI=1S/C18H26N2O7/c1-17(2,3)15(22)20-11-8-13(27-6)12(26-5)7-10(11)14(21)19-9-18(4,25)16(23)24/h7-8,25H,9H2,1-6H3,(H,19,21)(H,20,22)(H,23,24). The summed E-state index contributed by atoms with van der Waals surface area (Å²) in [6, 6.07) is 2.80. The van der Waals surface area contributed by atoms with Crippen LogP contribution in [0, 0.1) is 5.41 Å². The first kappa shape index (κ1) is 22.2. The van der Waals surface area contributed by atoms with Gasteiger partial charge in [-0.15, -0.1) is 0 Å². The molecule has 9 heteroatoms. The van der Waals surface area contributed by atoms with E-state index in [9.17, 15) is 19.5 Å². The molecular formula is C18H26N2O7. The van der Waals surface area contributed by atoms with Gasteiger partial charge in [0.2, 0.25) is 5.91 Å². The van der Waals surface area contributed by atoms with E-state index >= 15 is 0 Å². The van der Waals surface area contributed by atoms with Gasteiger partial charge in [-0.05, 0) is 13.0 Å². The van der Waals surface area contributed by atoms with Gasteiger partial charge in [0, 0.05) is 11.5 Å². The van der Waals surface area contributed by atoms with Crippen molar-refractivity contribution in [2.45, 2.75) is 33.3 Å². The number of hydrogen-bond acceptors (Lipinski definition) is 6. The molecule has 150 valence electrons. The average molecular weight is 382 g/mol. The van der Waals surface area contributed by atoms with Gasteiger partial charge in [0.15, 0.2) is 17.1 Å². The van der Waals surface area contributed by atoms with Crippen LogP contribution in [0.25, 0.3) is 0 Å². The van der Waals surface area contributed by atoms with Crippen LogP contribution in [0.5, 0.6) is 11.5 Å². The number of nitrogens with one attached hydrogen (secondary N) is 2. The summed E-state index contributed by atoms with van der Waals surface area (Å²) < 4.78 is 10.4. The van der Waals surface area contributed by atoms with Gasteiger partial charge in [-0.2, -0.15) is 0 Å². The minimum absolute atomic E-state index is 0.0337. The van der Waals surface area contributed by atoms with Crippen molar-refractivity contribution in [1.82, 2.24) is 5.32 Å². The van der Waals surface area contributed by atoms with Gasteiger partial charge in [-0.3, -0.25) is 9.59 Å². The second-order valence-corrected chi connectivity index (χ2v) is 7.22. The van der Waals surface area contributed by atoms with Crippen LogP contribution in [0.3, 0.4) is 0 Å². The average Bonchev–Trinajstić information content (AvgIpc) is 2.58. The van der Waals surface area contributed by atoms with Crippen LogP contribution in [0.2, 0.25) is 0 Å². The summed E-state index contributed by atoms with van der Waals surface area (Å²) in [4.78, 5) is 35.9. The Bertz CT molecular complexity index is 736. The molecule has 0 bridgehead atoms. The number of amides is 2. The van der Waals surface area contributed by atoms with E-state index in [0.29, 0.717) is 5.75 Å². The smallest absolute Gasteiger partial charge is 0.337 e. The van der Waals surface area contributed by atoms with E-state index in [1.54, 1.807) is 20.8 Å². The maximum absolute atomic E-state index is 12.6. The van der Waals surface area contributed by atoms with Gasteiger partial charge in [0.05, 0.1) is 32.0 Å². The van der Waals surface area contributed by atoms with Crippen molar-refractivity contribution in [3.63, 3.8) is 0 Å². The highest BCUT2D eigenvalue weighted by molar-refractivity contribution is 6.05. The Kier molecular flexibility index (Phi) is 6.80. The third-order valence-electron chi connectivity index (χ3n) is 3.75. The van der Waals surface area contributed by atoms with Crippen LogP contribution in [0.4, 0.5) is 5.69 Å². The highest BCUT2D eigenvalue weighted by Gasteiger charge is 2.31. The maximum atomic E-state index is 12.6. The van der Waals surface area contributed by atoms with E-state index < -0.39 is 29.4 Å². The number of ether oxygens (including phenoxy) is 2. The Morgan fingerprint density at radius 3 is 2.00 bits per heavy atom. The SMILES string of the molecule is COc1cc(NC(=O)C(C)(C)C)c(C(=O)NCC(C)(O)C(=O)O)cc1OC. The topological polar surface area (TPSA) is 134 Å². The quantitative estimate of drug-likeness (QED) is 0.557. The summed E-state index contributed by atoms with van der Waals surface area (Å²) in [6.45, 7) is 5.68. The van der Waals surface area contributed by atoms with Crippen molar-refractivity contribution in [3.05, 3.63) is 17.7 Å². The number of aliphatic hydroxyl groups is 1. The lowest BCUT2D eigenvalue weighted by Gasteiger charge is -2.22. The van der Waals surface area contributed by atoms with Gasteiger partial charge in [-0.1, -0.05) is 20.8 Å². The Labute approximate surface area is 157 Å². The predicted octanol–water partition coefficient (Wildman–Crippen LogP) is 1.25. The van der Waals surface area contributed by atoms with Crippen LogP contribution < -0.4 is 20.1 Å². The predicted molar refractivity (Wildman–Crippen MR) is 98.2 cm³/mol. The highest BCUT2D eigenvalue weighted by atomic mass is 16.5. The third kappa shape index (κ3) is 5.58. The van der Waals surface area contributed by atoms with E-state index in [4.69, 9.17) is 14.6 Å². The van der Waals surface area contributed by atoms with Crippen LogP contribution in [0.15, 0.2) is 12.1 Å². The van der Waals surface area contributed by atoms with E-state index in [1.807, 2.05) is 0 Å². The molecule has 0 fully saturated rings. The van der Waals surface area contributed by atoms with E-state index in [-0.39, 0.29) is 22.9 Å². The molecule has 1 aromatic rings. The Balaban J connectivity index is 3.27. The lowest BCUT2D eigenvalue weighted by Crippen LogP contribution is -2.46. The van der Waals surface area contributed by atoms with Gasteiger partial charge in [0.1, 0.15) is 0 Å². The van der Waals surface area contributed by atoms with Crippen LogP contribution in [0.1, 0.15) is 38.1 Å². The van der Waals surface area contributed by atoms with Gasteiger partial charge >= 0.3 is 5.97 Å². The Morgan fingerprint density at radius 1 is 1.04 bits per heavy atom. The van der Waals surface area contributed by atoms with Crippen molar-refractivity contribution >= 4 is 23.5 Å². The molecule has 0 aliphatic heterocycles. The molecule has 9 nitrogen and oxygen atoms in total. The van der Waals surface area contributed by atoms with Crippen molar-refractivity contribution in [2.24, 2.45) is 5.41 Å². The number of carboxylic acids is 1. The second-order valence-electron chi connectivity index (χ2n) is 7.22. The second kappa shape index (κ2) is 8.26. The zero-order valence-electron chi connectivity index (χ0n) is 16.3. The largest absolute Gasteiger partial charge is 0.493 e. The lowest BCUT2D eigenvalue weighted by molar-refractivity contribution is -0.155. The Morgan fingerprint density at radius 2 is 1.56 bits per heavy atom. The first-order chi connectivity index (χ1) is 12.3. The molecule has 0 heterocycles. The zero-order chi connectivity index (χ0) is 21.0. The van der Waals surface area contributed by atoms with Gasteiger partial charge < -0.3 is 30.3 Å². The van der Waals surface area contributed by atoms with Gasteiger partial charge in [-0.25, -0.2) is 4.79 Å². The number of carbonyl (C=O) groups is 3. The molecule has 1 unspecified atom stereocenters. The van der Waals surface area contributed by atoms with E-state index in [2.05, 4.69) is 10.6 Å². The highest BCUT2D eigenvalue weighted by Crippen LogP contribution is 2.34. The first-order valence-corrected chi connectivity index (χ1v) is 8.15. The molecule has 27 heavy (non-hydrogen) atoms. The van der Waals surface area contributed by atoms with E-state index in [1.165, 1.54) is 26.4 Å². The molecule has 1 atom stereocenters. The van der Waals surface area contributed by atoms with Crippen LogP contribution >= 0.6 is 0 Å². The maximum Gasteiger partial charge on any atom is 0.337 e. The summed E-state index contributed by atoms with van der Waals surface area (Å²) in [7, 11) is 2.80. The number of aliphatic carboxylic acids is 1. The number of benzene rings is 1. The number of anilines is 1. The van der Waals surface area contributed by atoms with Crippen molar-refractivity contribution < 1.29 is 34.1 Å². The number of carbonyl (C=O) groups excluding carboxylic acids is 2. The molecule has 0 saturated carbocycles. The number of rotatable bonds is 7. The molecule has 0 aromatic heterocycles. The molecule has 2 amide bonds. The number of methoxy groups -OCH3 is 2. The monoisotopic (exact) mass is 382 g/mol. The minimum atomic E-state index is -2.14. The summed E-state index contributed by atoms with van der Waals surface area (Å²) in [5.41, 5.74) is -2.65. The minimum Gasteiger partial charge on any atom is -0.493 e. The van der Waals surface area contributed by atoms with Crippen molar-refractivity contribution in [2.75, 3.05) is 26.1 Å². The molecule has 0 aliphatic rings. The zero-order valence-corrected chi connectivity index (χ0v) is 16.3. The number of carboxylic acid groups (broad SMARTS) is 1. The molecule has 0 spiro atoms. The summed E-state index contributed by atoms with van der Waals surface area (Å²) in [6.07, 6.45) is 0. The van der Waals surface area contributed by atoms with E-state index in [0.717, 1.165) is 6.92 Å². The first-order valence-electron chi connectivity index (χ1n) is 8.15. The fourth-order valence-electron chi connectivity index (χ4n) is 1.90. The lowest BCUT2D eigenvalue weighted by atomic mass is 9.95. The van der Waals surface area contributed by atoms with Crippen LogP contribution in [-0.4, -0.2) is 54.4 Å². The molecule has 1 rings (SSSR count). The number of hydrogen-bond donors (Lipinski definition) is 4. The summed E-state index contributed by atoms with van der Waals surface area (Å²) in [5.74, 6) is -1.95. The fourth-order valence-corrected chi connectivity index (χ4v) is 1.90.